The van der Waals surface area contributed by atoms with Crippen molar-refractivity contribution in [2.24, 2.45) is 4.99 Å². The molecule has 1 aliphatic rings. The molecule has 0 spiro atoms. The lowest BCUT2D eigenvalue weighted by Crippen LogP contribution is -2.32. The highest BCUT2D eigenvalue weighted by molar-refractivity contribution is 8.15. The number of carbonyl (C=O) groups is 2. The fourth-order valence-electron chi connectivity index (χ4n) is 2.44. The van der Waals surface area contributed by atoms with Crippen LogP contribution in [0, 0.1) is 0 Å². The minimum atomic E-state index is -0.437. The molecule has 0 unspecified atom stereocenters. The fourth-order valence-corrected chi connectivity index (χ4v) is 3.58. The zero-order valence-corrected chi connectivity index (χ0v) is 15.8. The Hall–Kier alpha value is -2.02. The average molecular weight is 363 g/mol. The lowest BCUT2D eigenvalue weighted by Gasteiger charge is -2.16. The summed E-state index contributed by atoms with van der Waals surface area (Å²) in [6.45, 7) is 7.95. The van der Waals surface area contributed by atoms with Gasteiger partial charge in [0.05, 0.1) is 12.3 Å². The molecule has 1 fully saturated rings. The number of nitrogens with one attached hydrogen (secondary N) is 1. The zero-order valence-electron chi connectivity index (χ0n) is 14.9. The number of ether oxygens (including phenoxy) is 1. The quantitative estimate of drug-likeness (QED) is 0.458. The number of nitrogens with zero attached hydrogens (tertiary/aromatic N) is 2. The van der Waals surface area contributed by atoms with Gasteiger partial charge in [-0.15, -0.1) is 0 Å². The molecule has 0 aromatic heterocycles. The maximum Gasteiger partial charge on any atom is 0.247 e. The van der Waals surface area contributed by atoms with E-state index in [1.807, 2.05) is 20.8 Å². The first-order valence-electron chi connectivity index (χ1n) is 8.65. The van der Waals surface area contributed by atoms with E-state index in [1.54, 1.807) is 24.3 Å². The number of hydrogen-bond donors (Lipinski definition) is 1. The van der Waals surface area contributed by atoms with E-state index in [-0.39, 0.29) is 18.2 Å². The van der Waals surface area contributed by atoms with Crippen molar-refractivity contribution in [1.82, 2.24) is 5.32 Å². The second-order valence-corrected chi connectivity index (χ2v) is 6.72. The van der Waals surface area contributed by atoms with Gasteiger partial charge in [-0.05, 0) is 44.5 Å². The molecule has 136 valence electrons. The summed E-state index contributed by atoms with van der Waals surface area (Å²) in [5.41, 5.74) is 0.583. The molecular weight excluding hydrogens is 338 g/mol. The molecule has 0 aliphatic carbocycles. The fraction of sp³-hybridized carbons (Fsp3) is 0.500. The minimum Gasteiger partial charge on any atom is -0.494 e. The molecule has 1 atom stereocenters. The first-order valence-corrected chi connectivity index (χ1v) is 9.53. The molecule has 1 aliphatic heterocycles. The smallest absolute Gasteiger partial charge is 0.247 e. The highest BCUT2D eigenvalue weighted by atomic mass is 32.2. The first kappa shape index (κ1) is 19.3. The summed E-state index contributed by atoms with van der Waals surface area (Å²) in [6.07, 6.45) is 1.11. The van der Waals surface area contributed by atoms with Crippen molar-refractivity contribution in [3.05, 3.63) is 24.3 Å². The van der Waals surface area contributed by atoms with Gasteiger partial charge in [0.25, 0.3) is 0 Å². The Kier molecular flexibility index (Phi) is 7.31. The molecule has 0 bridgehead atoms. The van der Waals surface area contributed by atoms with Crippen LogP contribution in [0.3, 0.4) is 0 Å². The van der Waals surface area contributed by atoms with Gasteiger partial charge < -0.3 is 10.1 Å². The number of imide groups is 1. The van der Waals surface area contributed by atoms with Crippen LogP contribution in [0.15, 0.2) is 29.3 Å². The van der Waals surface area contributed by atoms with E-state index in [0.717, 1.165) is 18.7 Å². The van der Waals surface area contributed by atoms with Crippen molar-refractivity contribution >= 4 is 34.4 Å². The third-order valence-electron chi connectivity index (χ3n) is 3.56. The van der Waals surface area contributed by atoms with Crippen molar-refractivity contribution in [2.45, 2.75) is 38.9 Å². The van der Waals surface area contributed by atoms with Crippen LogP contribution in [-0.4, -0.2) is 41.9 Å². The van der Waals surface area contributed by atoms with E-state index in [2.05, 4.69) is 10.3 Å². The van der Waals surface area contributed by atoms with Gasteiger partial charge >= 0.3 is 0 Å². The number of amidine groups is 1. The summed E-state index contributed by atoms with van der Waals surface area (Å²) >= 11 is 1.33. The zero-order chi connectivity index (χ0) is 18.2. The maximum atomic E-state index is 12.7. The Bertz CT molecular complexity index is 631. The Labute approximate surface area is 153 Å². The van der Waals surface area contributed by atoms with Crippen molar-refractivity contribution in [2.75, 3.05) is 24.6 Å². The molecular formula is C18H25N3O3S. The summed E-state index contributed by atoms with van der Waals surface area (Å²) < 4.78 is 5.54. The molecule has 2 rings (SSSR count). The molecule has 0 saturated carbocycles. The van der Waals surface area contributed by atoms with Crippen LogP contribution in [-0.2, 0) is 9.59 Å². The number of aliphatic imine (C=N–C) groups is 1. The second kappa shape index (κ2) is 9.46. The molecule has 1 N–H and O–H groups in total. The van der Waals surface area contributed by atoms with Gasteiger partial charge in [-0.3, -0.25) is 14.6 Å². The van der Waals surface area contributed by atoms with Gasteiger partial charge in [-0.25, -0.2) is 4.90 Å². The summed E-state index contributed by atoms with van der Waals surface area (Å²) in [4.78, 5) is 30.6. The molecule has 1 heterocycles. The van der Waals surface area contributed by atoms with E-state index in [0.29, 0.717) is 24.0 Å². The van der Waals surface area contributed by atoms with Gasteiger partial charge in [-0.1, -0.05) is 18.7 Å². The third-order valence-corrected chi connectivity index (χ3v) is 4.71. The lowest BCUT2D eigenvalue weighted by atomic mass is 10.3. The standard InChI is InChI=1S/C18H25N3O3S/c1-4-11-24-14-9-7-13(8-10-14)21-16(22)12-15(17(21)23)25-18(19-5-2)20-6-3/h7-10,15H,4-6,11-12H2,1-3H3,(H,19,20)/t15-/m0/s1. The van der Waals surface area contributed by atoms with E-state index in [9.17, 15) is 9.59 Å². The van der Waals surface area contributed by atoms with Crippen LogP contribution in [0.25, 0.3) is 0 Å². The molecule has 25 heavy (non-hydrogen) atoms. The minimum absolute atomic E-state index is 0.183. The van der Waals surface area contributed by atoms with Gasteiger partial charge in [0, 0.05) is 19.5 Å². The van der Waals surface area contributed by atoms with Crippen molar-refractivity contribution in [1.29, 1.82) is 0 Å². The normalized spacial score (nSPS) is 18.0. The third kappa shape index (κ3) is 4.98. The molecule has 1 aromatic rings. The Morgan fingerprint density at radius 1 is 1.28 bits per heavy atom. The van der Waals surface area contributed by atoms with Crippen LogP contribution in [0.4, 0.5) is 5.69 Å². The van der Waals surface area contributed by atoms with Crippen LogP contribution < -0.4 is 15.0 Å². The highest BCUT2D eigenvalue weighted by Crippen LogP contribution is 2.31. The van der Waals surface area contributed by atoms with Crippen LogP contribution in [0.5, 0.6) is 5.75 Å². The van der Waals surface area contributed by atoms with Crippen molar-refractivity contribution < 1.29 is 14.3 Å². The van der Waals surface area contributed by atoms with E-state index >= 15 is 0 Å². The molecule has 0 radical (unpaired) electrons. The molecule has 1 aromatic carbocycles. The second-order valence-electron chi connectivity index (χ2n) is 5.53. The Morgan fingerprint density at radius 2 is 2.00 bits per heavy atom. The molecule has 6 nitrogen and oxygen atoms in total. The number of carbonyl (C=O) groups excluding carboxylic acids is 2. The predicted octanol–water partition coefficient (Wildman–Crippen LogP) is 2.83. The van der Waals surface area contributed by atoms with Gasteiger partial charge in [0.2, 0.25) is 11.8 Å². The number of anilines is 1. The summed E-state index contributed by atoms with van der Waals surface area (Å²) in [6, 6.07) is 7.07. The molecule has 2 amide bonds. The number of rotatable bonds is 7. The summed E-state index contributed by atoms with van der Waals surface area (Å²) in [5.74, 6) is 0.358. The average Bonchev–Trinajstić information content (AvgIpc) is 2.88. The van der Waals surface area contributed by atoms with Gasteiger partial charge in [0.15, 0.2) is 5.17 Å². The van der Waals surface area contributed by atoms with Crippen molar-refractivity contribution in [3.63, 3.8) is 0 Å². The van der Waals surface area contributed by atoms with E-state index < -0.39 is 5.25 Å². The van der Waals surface area contributed by atoms with Crippen LogP contribution >= 0.6 is 11.8 Å². The first-order chi connectivity index (χ1) is 12.1. The lowest BCUT2D eigenvalue weighted by molar-refractivity contribution is -0.121. The van der Waals surface area contributed by atoms with Gasteiger partial charge in [0.1, 0.15) is 11.0 Å². The van der Waals surface area contributed by atoms with E-state index in [4.69, 9.17) is 4.74 Å². The number of hydrogen-bond acceptors (Lipinski definition) is 5. The van der Waals surface area contributed by atoms with Gasteiger partial charge in [-0.2, -0.15) is 0 Å². The predicted molar refractivity (Wildman–Crippen MR) is 102 cm³/mol. The van der Waals surface area contributed by atoms with Crippen LogP contribution in [0.2, 0.25) is 0 Å². The summed E-state index contributed by atoms with van der Waals surface area (Å²) in [7, 11) is 0. The Balaban J connectivity index is 2.08. The number of thioether (sulfide) groups is 1. The topological polar surface area (TPSA) is 71.0 Å². The van der Waals surface area contributed by atoms with Crippen molar-refractivity contribution in [3.8, 4) is 5.75 Å². The number of amides is 2. The monoisotopic (exact) mass is 363 g/mol. The largest absolute Gasteiger partial charge is 0.494 e. The molecule has 7 heteroatoms. The number of benzene rings is 1. The summed E-state index contributed by atoms with van der Waals surface area (Å²) in [5, 5.41) is 3.41. The SMILES string of the molecule is CCCOc1ccc(N2C(=O)C[C@H](SC(=NCC)NCC)C2=O)cc1. The molecule has 1 saturated heterocycles. The Morgan fingerprint density at radius 3 is 2.60 bits per heavy atom. The van der Waals surface area contributed by atoms with E-state index in [1.165, 1.54) is 16.7 Å². The highest BCUT2D eigenvalue weighted by Gasteiger charge is 2.40. The maximum absolute atomic E-state index is 12.7. The van der Waals surface area contributed by atoms with Crippen LogP contribution in [0.1, 0.15) is 33.6 Å².